The van der Waals surface area contributed by atoms with Crippen LogP contribution in [0.1, 0.15) is 45.6 Å². The van der Waals surface area contributed by atoms with E-state index in [1.807, 2.05) is 13.8 Å². The van der Waals surface area contributed by atoms with Crippen molar-refractivity contribution in [3.05, 3.63) is 22.7 Å². The van der Waals surface area contributed by atoms with Crippen molar-refractivity contribution in [1.29, 1.82) is 0 Å². The highest BCUT2D eigenvalue weighted by molar-refractivity contribution is 5.33. The third-order valence-corrected chi connectivity index (χ3v) is 4.24. The van der Waals surface area contributed by atoms with Crippen LogP contribution in [-0.2, 0) is 0 Å². The predicted molar refractivity (Wildman–Crippen MR) is 75.5 cm³/mol. The first kappa shape index (κ1) is 12.7. The fourth-order valence-electron chi connectivity index (χ4n) is 3.30. The van der Waals surface area contributed by atoms with Crippen LogP contribution in [0.4, 0.5) is 5.82 Å². The smallest absolute Gasteiger partial charge is 0.293 e. The minimum atomic E-state index is -0.0108. The van der Waals surface area contributed by atoms with Crippen LogP contribution in [0, 0.1) is 0 Å². The summed E-state index contributed by atoms with van der Waals surface area (Å²) >= 11 is 0. The van der Waals surface area contributed by atoms with Crippen molar-refractivity contribution in [1.82, 2.24) is 14.9 Å². The van der Waals surface area contributed by atoms with Gasteiger partial charge < -0.3 is 15.2 Å². The van der Waals surface area contributed by atoms with Gasteiger partial charge in [-0.1, -0.05) is 0 Å². The number of rotatable bonds is 3. The number of nitrogens with zero attached hydrogens (tertiary/aromatic N) is 2. The van der Waals surface area contributed by atoms with Crippen LogP contribution in [0.5, 0.6) is 0 Å². The number of hydrogen-bond acceptors (Lipinski definition) is 4. The van der Waals surface area contributed by atoms with Gasteiger partial charge in [-0.3, -0.25) is 4.79 Å². The topological polar surface area (TPSA) is 59.0 Å². The molecule has 0 spiro atoms. The van der Waals surface area contributed by atoms with Crippen molar-refractivity contribution in [3.8, 4) is 0 Å². The van der Waals surface area contributed by atoms with Gasteiger partial charge in [-0.15, -0.1) is 0 Å². The van der Waals surface area contributed by atoms with Crippen LogP contribution in [0.25, 0.3) is 0 Å². The second-order valence-electron chi connectivity index (χ2n) is 6.03. The molecule has 0 radical (unpaired) electrons. The Morgan fingerprint density at radius 2 is 2.05 bits per heavy atom. The molecule has 2 N–H and O–H groups in total. The summed E-state index contributed by atoms with van der Waals surface area (Å²) < 4.78 is 1.73. The summed E-state index contributed by atoms with van der Waals surface area (Å²) in [6.45, 7) is 4.02. The lowest BCUT2D eigenvalue weighted by molar-refractivity contribution is 0.377. The van der Waals surface area contributed by atoms with Crippen LogP contribution < -0.4 is 16.2 Å². The average molecular weight is 262 g/mol. The zero-order valence-electron chi connectivity index (χ0n) is 11.6. The molecule has 2 bridgehead atoms. The van der Waals surface area contributed by atoms with E-state index in [9.17, 15) is 4.79 Å². The maximum atomic E-state index is 12.3. The number of nitrogens with one attached hydrogen (secondary N) is 2. The molecular weight excluding hydrogens is 240 g/mol. The summed E-state index contributed by atoms with van der Waals surface area (Å²) in [7, 11) is 0. The molecule has 2 fully saturated rings. The van der Waals surface area contributed by atoms with Gasteiger partial charge in [0.15, 0.2) is 5.82 Å². The fourth-order valence-corrected chi connectivity index (χ4v) is 3.30. The van der Waals surface area contributed by atoms with Gasteiger partial charge in [0, 0.05) is 36.6 Å². The Morgan fingerprint density at radius 3 is 2.68 bits per heavy atom. The van der Waals surface area contributed by atoms with Crippen LogP contribution in [-0.4, -0.2) is 27.7 Å². The normalized spacial score (nSPS) is 29.7. The number of piperidine rings is 1. The molecule has 0 amide bonds. The summed E-state index contributed by atoms with van der Waals surface area (Å²) in [5.41, 5.74) is -0.0108. The summed E-state index contributed by atoms with van der Waals surface area (Å²) in [4.78, 5) is 16.5. The molecule has 2 atom stereocenters. The first-order chi connectivity index (χ1) is 9.13. The minimum Gasteiger partial charge on any atom is -0.363 e. The van der Waals surface area contributed by atoms with E-state index >= 15 is 0 Å². The molecule has 0 saturated carbocycles. The molecule has 1 aromatic rings. The van der Waals surface area contributed by atoms with Crippen LogP contribution in [0.15, 0.2) is 17.2 Å². The molecule has 104 valence electrons. The van der Waals surface area contributed by atoms with Crippen molar-refractivity contribution >= 4 is 5.82 Å². The van der Waals surface area contributed by atoms with Crippen molar-refractivity contribution in [2.24, 2.45) is 0 Å². The molecular formula is C14H22N4O. The van der Waals surface area contributed by atoms with Crippen molar-refractivity contribution in [2.45, 2.75) is 63.7 Å². The molecule has 1 aromatic heterocycles. The zero-order valence-corrected chi connectivity index (χ0v) is 11.6. The minimum absolute atomic E-state index is 0.0108. The summed E-state index contributed by atoms with van der Waals surface area (Å²) in [5.74, 6) is 0.502. The van der Waals surface area contributed by atoms with Gasteiger partial charge >= 0.3 is 0 Å². The largest absolute Gasteiger partial charge is 0.363 e. The van der Waals surface area contributed by atoms with E-state index in [1.54, 1.807) is 17.0 Å². The maximum absolute atomic E-state index is 12.3. The average Bonchev–Trinajstić information content (AvgIpc) is 2.71. The lowest BCUT2D eigenvalue weighted by Gasteiger charge is -2.30. The van der Waals surface area contributed by atoms with Gasteiger partial charge in [0.25, 0.3) is 5.56 Å². The summed E-state index contributed by atoms with van der Waals surface area (Å²) in [6.07, 6.45) is 8.18. The third-order valence-electron chi connectivity index (χ3n) is 4.24. The Hall–Kier alpha value is -1.36. The first-order valence-corrected chi connectivity index (χ1v) is 7.23. The monoisotopic (exact) mass is 262 g/mol. The van der Waals surface area contributed by atoms with E-state index in [0.717, 1.165) is 12.8 Å². The van der Waals surface area contributed by atoms with E-state index in [4.69, 9.17) is 0 Å². The number of anilines is 1. The zero-order chi connectivity index (χ0) is 13.4. The molecule has 2 unspecified atom stereocenters. The Kier molecular flexibility index (Phi) is 3.31. The van der Waals surface area contributed by atoms with Crippen LogP contribution in [0.2, 0.25) is 0 Å². The van der Waals surface area contributed by atoms with Gasteiger partial charge in [0.05, 0.1) is 0 Å². The Bertz CT molecular complexity index is 498. The first-order valence-electron chi connectivity index (χ1n) is 7.23. The summed E-state index contributed by atoms with van der Waals surface area (Å²) in [5, 5.41) is 6.97. The Labute approximate surface area is 113 Å². The second kappa shape index (κ2) is 4.96. The second-order valence-corrected chi connectivity index (χ2v) is 6.03. The molecule has 5 nitrogen and oxygen atoms in total. The van der Waals surface area contributed by atoms with E-state index in [2.05, 4.69) is 15.6 Å². The van der Waals surface area contributed by atoms with Gasteiger partial charge in [0.1, 0.15) is 0 Å². The molecule has 0 aromatic carbocycles. The Morgan fingerprint density at radius 1 is 1.37 bits per heavy atom. The van der Waals surface area contributed by atoms with E-state index in [1.165, 1.54) is 12.8 Å². The summed E-state index contributed by atoms with van der Waals surface area (Å²) in [6, 6.07) is 1.78. The van der Waals surface area contributed by atoms with Crippen LogP contribution >= 0.6 is 0 Å². The fraction of sp³-hybridized carbons (Fsp3) is 0.714. The number of fused-ring (bicyclic) bond motifs is 2. The van der Waals surface area contributed by atoms with Gasteiger partial charge in [0.2, 0.25) is 0 Å². The molecule has 2 aliphatic heterocycles. The van der Waals surface area contributed by atoms with Gasteiger partial charge in [-0.2, -0.15) is 0 Å². The lowest BCUT2D eigenvalue weighted by atomic mass is 10.00. The highest BCUT2D eigenvalue weighted by atomic mass is 16.1. The molecule has 5 heteroatoms. The molecule has 0 aliphatic carbocycles. The molecule has 3 rings (SSSR count). The Balaban J connectivity index is 1.77. The molecule has 2 aliphatic rings. The van der Waals surface area contributed by atoms with Crippen LogP contribution in [0.3, 0.4) is 0 Å². The quantitative estimate of drug-likeness (QED) is 0.867. The SMILES string of the molecule is CC(C)n1ccnc(NC2CC3CCC(C2)N3)c1=O. The highest BCUT2D eigenvalue weighted by Crippen LogP contribution is 2.27. The highest BCUT2D eigenvalue weighted by Gasteiger charge is 2.33. The maximum Gasteiger partial charge on any atom is 0.293 e. The molecule has 19 heavy (non-hydrogen) atoms. The van der Waals surface area contributed by atoms with Crippen molar-refractivity contribution < 1.29 is 0 Å². The molecule has 3 heterocycles. The van der Waals surface area contributed by atoms with Gasteiger partial charge in [-0.25, -0.2) is 4.98 Å². The standard InChI is InChI=1S/C14H22N4O/c1-9(2)18-6-5-15-13(14(18)19)17-12-7-10-3-4-11(8-12)16-10/h5-6,9-12,16H,3-4,7-8H2,1-2H3,(H,15,17). The van der Waals surface area contributed by atoms with E-state index in [-0.39, 0.29) is 11.6 Å². The lowest BCUT2D eigenvalue weighted by Crippen LogP contribution is -2.44. The van der Waals surface area contributed by atoms with Gasteiger partial charge in [-0.05, 0) is 39.5 Å². The van der Waals surface area contributed by atoms with E-state index in [0.29, 0.717) is 23.9 Å². The van der Waals surface area contributed by atoms with Crippen molar-refractivity contribution in [3.63, 3.8) is 0 Å². The third kappa shape index (κ3) is 2.52. The van der Waals surface area contributed by atoms with Crippen molar-refractivity contribution in [2.75, 3.05) is 5.32 Å². The predicted octanol–water partition coefficient (Wildman–Crippen LogP) is 1.52. The van der Waals surface area contributed by atoms with E-state index < -0.39 is 0 Å². The number of hydrogen-bond donors (Lipinski definition) is 2. The number of aromatic nitrogens is 2. The molecule has 2 saturated heterocycles.